The lowest BCUT2D eigenvalue weighted by atomic mass is 9.99. The molecule has 0 fully saturated rings. The fourth-order valence-corrected chi connectivity index (χ4v) is 2.49. The molecule has 0 spiro atoms. The zero-order valence-electron chi connectivity index (χ0n) is 12.6. The Balaban J connectivity index is 2.06. The van der Waals surface area contributed by atoms with Gasteiger partial charge in [0.15, 0.2) is 0 Å². The zero-order chi connectivity index (χ0) is 15.1. The minimum Gasteiger partial charge on any atom is -0.371 e. The number of hydrogen-bond donors (Lipinski definition) is 1. The quantitative estimate of drug-likeness (QED) is 0.828. The molecular formula is C18H22FNO. The average Bonchev–Trinajstić information content (AvgIpc) is 2.53. The van der Waals surface area contributed by atoms with Gasteiger partial charge in [-0.2, -0.15) is 0 Å². The highest BCUT2D eigenvalue weighted by Crippen LogP contribution is 2.22. The van der Waals surface area contributed by atoms with Gasteiger partial charge in [-0.1, -0.05) is 55.5 Å². The highest BCUT2D eigenvalue weighted by Gasteiger charge is 2.21. The summed E-state index contributed by atoms with van der Waals surface area (Å²) in [5.74, 6) is -0.215. The van der Waals surface area contributed by atoms with Crippen LogP contribution in [0.3, 0.4) is 0 Å². The van der Waals surface area contributed by atoms with Crippen molar-refractivity contribution < 1.29 is 9.13 Å². The Morgan fingerprint density at radius 3 is 2.33 bits per heavy atom. The molecule has 1 N–H and O–H groups in total. The van der Waals surface area contributed by atoms with Gasteiger partial charge in [-0.25, -0.2) is 4.39 Å². The first kappa shape index (κ1) is 15.7. The molecule has 0 aromatic heterocycles. The summed E-state index contributed by atoms with van der Waals surface area (Å²) in [6, 6.07) is 17.0. The Kier molecular flexibility index (Phi) is 5.90. The van der Waals surface area contributed by atoms with E-state index in [-0.39, 0.29) is 24.6 Å². The van der Waals surface area contributed by atoms with Crippen LogP contribution in [0.15, 0.2) is 54.6 Å². The van der Waals surface area contributed by atoms with Crippen LogP contribution in [-0.2, 0) is 11.3 Å². The summed E-state index contributed by atoms with van der Waals surface area (Å²) < 4.78 is 19.6. The van der Waals surface area contributed by atoms with Crippen LogP contribution in [0, 0.1) is 5.82 Å². The summed E-state index contributed by atoms with van der Waals surface area (Å²) in [6.45, 7) is 2.37. The third-order valence-electron chi connectivity index (χ3n) is 3.65. The van der Waals surface area contributed by atoms with Gasteiger partial charge in [0.1, 0.15) is 5.82 Å². The monoisotopic (exact) mass is 287 g/mol. The minimum atomic E-state index is -0.215. The number of hydrogen-bond acceptors (Lipinski definition) is 2. The van der Waals surface area contributed by atoms with Gasteiger partial charge in [0.25, 0.3) is 0 Å². The number of halogens is 1. The van der Waals surface area contributed by atoms with Crippen LogP contribution in [0.25, 0.3) is 0 Å². The molecule has 0 aliphatic rings. The first-order chi connectivity index (χ1) is 10.3. The number of benzene rings is 2. The summed E-state index contributed by atoms with van der Waals surface area (Å²) in [5.41, 5.74) is 1.78. The molecule has 2 aromatic rings. The molecule has 0 saturated heterocycles. The minimum absolute atomic E-state index is 0.00277. The van der Waals surface area contributed by atoms with Crippen LogP contribution in [0.5, 0.6) is 0 Å². The Morgan fingerprint density at radius 2 is 1.71 bits per heavy atom. The molecule has 2 rings (SSSR count). The summed E-state index contributed by atoms with van der Waals surface area (Å²) >= 11 is 0. The van der Waals surface area contributed by atoms with Crippen LogP contribution in [0.2, 0.25) is 0 Å². The van der Waals surface area contributed by atoms with Gasteiger partial charge in [0.2, 0.25) is 0 Å². The van der Waals surface area contributed by atoms with Gasteiger partial charge < -0.3 is 10.1 Å². The van der Waals surface area contributed by atoms with Gasteiger partial charge in [0, 0.05) is 5.56 Å². The first-order valence-electron chi connectivity index (χ1n) is 7.33. The molecule has 0 aliphatic carbocycles. The first-order valence-corrected chi connectivity index (χ1v) is 7.33. The normalized spacial score (nSPS) is 13.9. The Labute approximate surface area is 126 Å². The lowest BCUT2D eigenvalue weighted by Gasteiger charge is -2.26. The van der Waals surface area contributed by atoms with Crippen LogP contribution < -0.4 is 5.32 Å². The average molecular weight is 287 g/mol. The predicted molar refractivity (Wildman–Crippen MR) is 83.5 cm³/mol. The summed E-state index contributed by atoms with van der Waals surface area (Å²) in [5, 5.41) is 3.30. The lowest BCUT2D eigenvalue weighted by molar-refractivity contribution is 0.0122. The standard InChI is InChI=1S/C18H22FNO/c1-3-17(18(20-2)14-9-5-4-6-10-14)21-13-15-11-7-8-12-16(15)19/h4-12,17-18,20H,3,13H2,1-2H3. The Hall–Kier alpha value is -1.71. The highest BCUT2D eigenvalue weighted by atomic mass is 19.1. The molecule has 0 saturated carbocycles. The van der Waals surface area contributed by atoms with E-state index in [0.717, 1.165) is 6.42 Å². The molecule has 0 radical (unpaired) electrons. The van der Waals surface area contributed by atoms with E-state index in [0.29, 0.717) is 5.56 Å². The van der Waals surface area contributed by atoms with E-state index in [2.05, 4.69) is 24.4 Å². The van der Waals surface area contributed by atoms with Crippen molar-refractivity contribution in [2.45, 2.75) is 32.1 Å². The maximum atomic E-state index is 13.7. The highest BCUT2D eigenvalue weighted by molar-refractivity contribution is 5.20. The largest absolute Gasteiger partial charge is 0.371 e. The number of rotatable bonds is 7. The molecule has 0 heterocycles. The second kappa shape index (κ2) is 7.91. The summed E-state index contributed by atoms with van der Waals surface area (Å²) in [4.78, 5) is 0. The van der Waals surface area contributed by atoms with Crippen molar-refractivity contribution >= 4 is 0 Å². The van der Waals surface area contributed by atoms with Gasteiger partial charge >= 0.3 is 0 Å². The van der Waals surface area contributed by atoms with Crippen molar-refractivity contribution in [2.75, 3.05) is 7.05 Å². The molecule has 2 unspecified atom stereocenters. The maximum absolute atomic E-state index is 13.7. The molecule has 2 aromatic carbocycles. The topological polar surface area (TPSA) is 21.3 Å². The molecule has 3 heteroatoms. The van der Waals surface area contributed by atoms with Crippen molar-refractivity contribution in [3.8, 4) is 0 Å². The second-order valence-electron chi connectivity index (χ2n) is 5.03. The van der Waals surface area contributed by atoms with Gasteiger partial charge in [-0.05, 0) is 25.1 Å². The molecule has 0 amide bonds. The van der Waals surface area contributed by atoms with Crippen molar-refractivity contribution in [3.63, 3.8) is 0 Å². The van der Waals surface area contributed by atoms with Crippen molar-refractivity contribution in [3.05, 3.63) is 71.5 Å². The van der Waals surface area contributed by atoms with Crippen LogP contribution in [-0.4, -0.2) is 13.2 Å². The summed E-state index contributed by atoms with van der Waals surface area (Å²) in [6.07, 6.45) is 0.853. The molecular weight excluding hydrogens is 265 g/mol. The number of nitrogens with one attached hydrogen (secondary N) is 1. The Morgan fingerprint density at radius 1 is 1.05 bits per heavy atom. The van der Waals surface area contributed by atoms with Gasteiger partial charge in [0.05, 0.1) is 18.8 Å². The van der Waals surface area contributed by atoms with E-state index < -0.39 is 0 Å². The predicted octanol–water partition coefficient (Wildman–Crippen LogP) is 4.08. The van der Waals surface area contributed by atoms with Crippen molar-refractivity contribution in [2.24, 2.45) is 0 Å². The van der Waals surface area contributed by atoms with Gasteiger partial charge in [-0.15, -0.1) is 0 Å². The van der Waals surface area contributed by atoms with Crippen molar-refractivity contribution in [1.82, 2.24) is 5.32 Å². The Bertz CT molecular complexity index is 544. The SMILES string of the molecule is CCC(OCc1ccccc1F)C(NC)c1ccccc1. The van der Waals surface area contributed by atoms with E-state index in [4.69, 9.17) is 4.74 Å². The lowest BCUT2D eigenvalue weighted by Crippen LogP contribution is -2.31. The van der Waals surface area contributed by atoms with Crippen molar-refractivity contribution in [1.29, 1.82) is 0 Å². The fraction of sp³-hybridized carbons (Fsp3) is 0.333. The fourth-order valence-electron chi connectivity index (χ4n) is 2.49. The van der Waals surface area contributed by atoms with Crippen LogP contribution in [0.4, 0.5) is 4.39 Å². The van der Waals surface area contributed by atoms with Gasteiger partial charge in [-0.3, -0.25) is 0 Å². The molecule has 2 nitrogen and oxygen atoms in total. The number of ether oxygens (including phenoxy) is 1. The van der Waals surface area contributed by atoms with E-state index in [9.17, 15) is 4.39 Å². The summed E-state index contributed by atoms with van der Waals surface area (Å²) in [7, 11) is 1.92. The smallest absolute Gasteiger partial charge is 0.128 e. The molecule has 112 valence electrons. The molecule has 0 bridgehead atoms. The van der Waals surface area contributed by atoms with Crippen LogP contribution >= 0.6 is 0 Å². The maximum Gasteiger partial charge on any atom is 0.128 e. The third kappa shape index (κ3) is 4.13. The van der Waals surface area contributed by atoms with E-state index >= 15 is 0 Å². The molecule has 2 atom stereocenters. The molecule has 21 heavy (non-hydrogen) atoms. The number of likely N-dealkylation sites (N-methyl/N-ethyl adjacent to an activating group) is 1. The second-order valence-corrected chi connectivity index (χ2v) is 5.03. The molecule has 0 aliphatic heterocycles. The van der Waals surface area contributed by atoms with E-state index in [1.54, 1.807) is 12.1 Å². The van der Waals surface area contributed by atoms with E-state index in [1.165, 1.54) is 11.6 Å². The zero-order valence-corrected chi connectivity index (χ0v) is 12.6. The third-order valence-corrected chi connectivity index (χ3v) is 3.65. The van der Waals surface area contributed by atoms with E-state index in [1.807, 2.05) is 31.3 Å². The van der Waals surface area contributed by atoms with Crippen LogP contribution in [0.1, 0.15) is 30.5 Å².